The summed E-state index contributed by atoms with van der Waals surface area (Å²) in [4.78, 5) is 0. The molecule has 0 spiro atoms. The first-order valence-corrected chi connectivity index (χ1v) is 7.24. The van der Waals surface area contributed by atoms with Crippen molar-refractivity contribution in [3.05, 3.63) is 60.2 Å². The number of likely N-dealkylation sites (N-methyl/N-ethyl adjacent to an activating group) is 1. The van der Waals surface area contributed by atoms with Gasteiger partial charge in [-0.3, -0.25) is 4.48 Å². The largest absolute Gasteiger partial charge is 0.490 e. The molecule has 0 aliphatic carbocycles. The monoisotopic (exact) mass is 286 g/mol. The van der Waals surface area contributed by atoms with E-state index in [1.807, 2.05) is 49.4 Å². The Bertz CT molecular complexity index is 566. The first-order chi connectivity index (χ1) is 9.99. The normalized spacial score (nSPS) is 13.0. The van der Waals surface area contributed by atoms with Crippen LogP contribution in [0.4, 0.5) is 5.69 Å². The second-order valence-corrected chi connectivity index (χ2v) is 5.93. The van der Waals surface area contributed by atoms with E-state index in [9.17, 15) is 5.11 Å². The molecule has 0 saturated carbocycles. The fraction of sp³-hybridized carbons (Fsp3) is 0.333. The van der Waals surface area contributed by atoms with E-state index < -0.39 is 6.10 Å². The molecule has 0 amide bonds. The number of benzene rings is 2. The van der Waals surface area contributed by atoms with Crippen LogP contribution in [0.5, 0.6) is 5.75 Å². The standard InChI is InChI=1S/C18H24NO2/c1-15-9-7-8-12-18(15)21-14-17(20)13-19(2,3)16-10-5-4-6-11-16/h4-12,17,20H,13-14H2,1-3H3/q+1. The van der Waals surface area contributed by atoms with Gasteiger partial charge < -0.3 is 9.84 Å². The lowest BCUT2D eigenvalue weighted by atomic mass is 10.2. The lowest BCUT2D eigenvalue weighted by Gasteiger charge is -2.31. The molecule has 0 aromatic heterocycles. The Kier molecular flexibility index (Phi) is 4.99. The second kappa shape index (κ2) is 6.74. The zero-order valence-electron chi connectivity index (χ0n) is 13.0. The minimum absolute atomic E-state index is 0.305. The highest BCUT2D eigenvalue weighted by Gasteiger charge is 2.23. The minimum atomic E-state index is -0.514. The summed E-state index contributed by atoms with van der Waals surface area (Å²) in [5.74, 6) is 0.835. The van der Waals surface area contributed by atoms with Gasteiger partial charge in [0.2, 0.25) is 0 Å². The highest BCUT2D eigenvalue weighted by atomic mass is 16.5. The molecule has 0 fully saturated rings. The second-order valence-electron chi connectivity index (χ2n) is 5.93. The van der Waals surface area contributed by atoms with E-state index in [4.69, 9.17) is 4.74 Å². The molecule has 1 atom stereocenters. The number of ether oxygens (including phenoxy) is 1. The van der Waals surface area contributed by atoms with E-state index >= 15 is 0 Å². The number of aliphatic hydroxyl groups excluding tert-OH is 1. The molecule has 3 nitrogen and oxygen atoms in total. The SMILES string of the molecule is Cc1ccccc1OCC(O)C[N+](C)(C)c1ccccc1. The van der Waals surface area contributed by atoms with Crippen LogP contribution in [-0.2, 0) is 0 Å². The molecule has 0 aliphatic rings. The van der Waals surface area contributed by atoms with Crippen LogP contribution < -0.4 is 9.22 Å². The van der Waals surface area contributed by atoms with Gasteiger partial charge >= 0.3 is 0 Å². The average Bonchev–Trinajstić information content (AvgIpc) is 2.47. The highest BCUT2D eigenvalue weighted by Crippen LogP contribution is 2.19. The smallest absolute Gasteiger partial charge is 0.137 e. The Morgan fingerprint density at radius 3 is 2.29 bits per heavy atom. The lowest BCUT2D eigenvalue weighted by Crippen LogP contribution is -2.47. The van der Waals surface area contributed by atoms with Gasteiger partial charge in [0.1, 0.15) is 30.7 Å². The average molecular weight is 286 g/mol. The maximum atomic E-state index is 10.3. The predicted molar refractivity (Wildman–Crippen MR) is 87.6 cm³/mol. The predicted octanol–water partition coefficient (Wildman–Crippen LogP) is 3.00. The summed E-state index contributed by atoms with van der Waals surface area (Å²) in [6, 6.07) is 18.1. The number of quaternary nitrogens is 1. The number of aryl methyl sites for hydroxylation is 1. The number of hydrogen-bond donors (Lipinski definition) is 1. The van der Waals surface area contributed by atoms with Crippen LogP contribution in [0.15, 0.2) is 54.6 Å². The van der Waals surface area contributed by atoms with Crippen molar-refractivity contribution in [2.24, 2.45) is 0 Å². The Morgan fingerprint density at radius 2 is 1.62 bits per heavy atom. The van der Waals surface area contributed by atoms with E-state index in [0.29, 0.717) is 17.6 Å². The van der Waals surface area contributed by atoms with Crippen molar-refractivity contribution < 1.29 is 9.84 Å². The van der Waals surface area contributed by atoms with Crippen molar-refractivity contribution in [2.45, 2.75) is 13.0 Å². The Morgan fingerprint density at radius 1 is 1.00 bits per heavy atom. The zero-order chi connectivity index (χ0) is 15.3. The molecule has 0 aliphatic heterocycles. The van der Waals surface area contributed by atoms with Crippen molar-refractivity contribution in [2.75, 3.05) is 27.2 Å². The number of rotatable bonds is 6. The van der Waals surface area contributed by atoms with Gasteiger partial charge in [-0.25, -0.2) is 0 Å². The molecule has 2 aromatic rings. The van der Waals surface area contributed by atoms with Crippen LogP contribution in [0.1, 0.15) is 5.56 Å². The van der Waals surface area contributed by atoms with Gasteiger partial charge in [-0.1, -0.05) is 36.4 Å². The highest BCUT2D eigenvalue weighted by molar-refractivity contribution is 5.41. The van der Waals surface area contributed by atoms with Gasteiger partial charge in [-0.05, 0) is 30.7 Å². The van der Waals surface area contributed by atoms with Gasteiger partial charge in [-0.15, -0.1) is 0 Å². The third-order valence-corrected chi connectivity index (χ3v) is 3.65. The summed E-state index contributed by atoms with van der Waals surface area (Å²) in [6.07, 6.45) is -0.514. The molecule has 2 aromatic carbocycles. The van der Waals surface area contributed by atoms with E-state index in [0.717, 1.165) is 11.3 Å². The molecular weight excluding hydrogens is 262 g/mol. The Balaban J connectivity index is 1.93. The first-order valence-electron chi connectivity index (χ1n) is 7.24. The summed E-state index contributed by atoms with van der Waals surface area (Å²) in [6.45, 7) is 2.92. The van der Waals surface area contributed by atoms with E-state index in [1.165, 1.54) is 5.69 Å². The maximum Gasteiger partial charge on any atom is 0.137 e. The Hall–Kier alpha value is -1.84. The minimum Gasteiger partial charge on any atom is -0.490 e. The molecule has 0 bridgehead atoms. The molecule has 0 heterocycles. The number of para-hydroxylation sites is 2. The molecule has 112 valence electrons. The van der Waals surface area contributed by atoms with Crippen LogP contribution in [0.2, 0.25) is 0 Å². The van der Waals surface area contributed by atoms with Crippen molar-refractivity contribution in [1.29, 1.82) is 0 Å². The molecule has 2 rings (SSSR count). The van der Waals surface area contributed by atoms with Crippen molar-refractivity contribution >= 4 is 5.69 Å². The van der Waals surface area contributed by atoms with Crippen LogP contribution in [0.3, 0.4) is 0 Å². The van der Waals surface area contributed by atoms with Crippen LogP contribution >= 0.6 is 0 Å². The van der Waals surface area contributed by atoms with Gasteiger partial charge in [-0.2, -0.15) is 0 Å². The van der Waals surface area contributed by atoms with Crippen molar-refractivity contribution in [3.63, 3.8) is 0 Å². The molecule has 1 N–H and O–H groups in total. The van der Waals surface area contributed by atoms with Crippen LogP contribution in [0, 0.1) is 6.92 Å². The van der Waals surface area contributed by atoms with Gasteiger partial charge in [0.15, 0.2) is 0 Å². The van der Waals surface area contributed by atoms with Crippen molar-refractivity contribution in [3.8, 4) is 5.75 Å². The molecule has 1 unspecified atom stereocenters. The molecule has 0 saturated heterocycles. The third-order valence-electron chi connectivity index (χ3n) is 3.65. The number of aliphatic hydroxyl groups is 1. The topological polar surface area (TPSA) is 29.5 Å². The molecular formula is C18H24NO2+. The number of nitrogens with zero attached hydrogens (tertiary/aromatic N) is 1. The summed E-state index contributed by atoms with van der Waals surface area (Å²) in [5, 5.41) is 10.3. The van der Waals surface area contributed by atoms with Gasteiger partial charge in [0, 0.05) is 0 Å². The lowest BCUT2D eigenvalue weighted by molar-refractivity contribution is 0.0838. The van der Waals surface area contributed by atoms with E-state index in [-0.39, 0.29) is 0 Å². The fourth-order valence-electron chi connectivity index (χ4n) is 2.42. The summed E-state index contributed by atoms with van der Waals surface area (Å²) < 4.78 is 6.34. The summed E-state index contributed by atoms with van der Waals surface area (Å²) in [7, 11) is 4.18. The first kappa shape index (κ1) is 15.5. The summed E-state index contributed by atoms with van der Waals surface area (Å²) >= 11 is 0. The fourth-order valence-corrected chi connectivity index (χ4v) is 2.42. The molecule has 0 radical (unpaired) electrons. The van der Waals surface area contributed by atoms with Crippen LogP contribution in [-0.4, -0.2) is 38.5 Å². The van der Waals surface area contributed by atoms with E-state index in [2.05, 4.69) is 26.2 Å². The summed E-state index contributed by atoms with van der Waals surface area (Å²) in [5.41, 5.74) is 2.26. The van der Waals surface area contributed by atoms with Gasteiger partial charge in [0.25, 0.3) is 0 Å². The van der Waals surface area contributed by atoms with E-state index in [1.54, 1.807) is 0 Å². The van der Waals surface area contributed by atoms with Crippen LogP contribution in [0.25, 0.3) is 0 Å². The molecule has 3 heteroatoms. The Labute approximate surface area is 127 Å². The van der Waals surface area contributed by atoms with Crippen molar-refractivity contribution in [1.82, 2.24) is 4.48 Å². The molecule has 21 heavy (non-hydrogen) atoms. The number of hydrogen-bond acceptors (Lipinski definition) is 2. The maximum absolute atomic E-state index is 10.3. The third kappa shape index (κ3) is 4.31. The quantitative estimate of drug-likeness (QED) is 0.827. The van der Waals surface area contributed by atoms with Gasteiger partial charge in [0.05, 0.1) is 14.1 Å². The zero-order valence-corrected chi connectivity index (χ0v) is 13.0.